The molecule has 0 saturated carbocycles. The normalized spacial score (nSPS) is 27.3. The van der Waals surface area contributed by atoms with Crippen LogP contribution in [-0.4, -0.2) is 66.1 Å². The number of carbonyl (C=O) groups excluding carboxylic acids is 4. The van der Waals surface area contributed by atoms with E-state index < -0.39 is 48.1 Å². The van der Waals surface area contributed by atoms with Gasteiger partial charge in [0.05, 0.1) is 66.6 Å². The molecule has 4 aliphatic heterocycles. The Morgan fingerprint density at radius 2 is 0.965 bits per heavy atom. The molecule has 8 atom stereocenters. The van der Waals surface area contributed by atoms with Crippen molar-refractivity contribution in [1.29, 1.82) is 0 Å². The SMILES string of the molecule is CCCCCCCCCCCCCCCCN1C(=O)[C@@H]2C(/C=C\C3OC(/C=C\OCC)[C@H]4C(=O)N(c5ccccc5)C(=O)[C@@H]34)OC(/C=C\c3ccccc3)[C@@H]2C1=O. The highest BCUT2D eigenvalue weighted by Gasteiger charge is 2.60. The second-order valence-electron chi connectivity index (χ2n) is 15.9. The maximum atomic E-state index is 14.1. The third kappa shape index (κ3) is 10.4. The molecule has 0 spiro atoms. The average molecular weight is 779 g/mol. The van der Waals surface area contributed by atoms with Crippen LogP contribution in [0, 0.1) is 23.7 Å². The van der Waals surface area contributed by atoms with Crippen molar-refractivity contribution in [1.82, 2.24) is 4.90 Å². The van der Waals surface area contributed by atoms with Gasteiger partial charge in [0.25, 0.3) is 0 Å². The predicted octanol–water partition coefficient (Wildman–Crippen LogP) is 9.23. The predicted molar refractivity (Wildman–Crippen MR) is 223 cm³/mol. The molecule has 0 aliphatic carbocycles. The van der Waals surface area contributed by atoms with E-state index in [-0.39, 0.29) is 23.6 Å². The first-order chi connectivity index (χ1) is 27.9. The number of anilines is 1. The minimum absolute atomic E-state index is 0.188. The Balaban J connectivity index is 1.09. The van der Waals surface area contributed by atoms with Gasteiger partial charge in [-0.3, -0.25) is 24.1 Å². The second kappa shape index (κ2) is 21.4. The van der Waals surface area contributed by atoms with Gasteiger partial charge in [0.15, 0.2) is 0 Å². The third-order valence-electron chi connectivity index (χ3n) is 12.0. The molecule has 0 bridgehead atoms. The second-order valence-corrected chi connectivity index (χ2v) is 15.9. The molecule has 2 aromatic carbocycles. The zero-order chi connectivity index (χ0) is 40.0. The lowest BCUT2D eigenvalue weighted by Crippen LogP contribution is -2.36. The van der Waals surface area contributed by atoms with E-state index in [4.69, 9.17) is 14.2 Å². The number of hydrogen-bond acceptors (Lipinski definition) is 7. The van der Waals surface area contributed by atoms with Crippen molar-refractivity contribution in [3.8, 4) is 0 Å². The van der Waals surface area contributed by atoms with Gasteiger partial charge in [0.1, 0.15) is 0 Å². The summed E-state index contributed by atoms with van der Waals surface area (Å²) >= 11 is 0. The molecule has 4 saturated heterocycles. The topological polar surface area (TPSA) is 102 Å². The van der Waals surface area contributed by atoms with Crippen LogP contribution < -0.4 is 4.90 Å². The minimum Gasteiger partial charge on any atom is -0.502 e. The van der Waals surface area contributed by atoms with Gasteiger partial charge >= 0.3 is 0 Å². The van der Waals surface area contributed by atoms with Crippen molar-refractivity contribution in [3.05, 3.63) is 96.8 Å². The number of ether oxygens (including phenoxy) is 3. The fourth-order valence-electron chi connectivity index (χ4n) is 8.97. The molecule has 4 heterocycles. The third-order valence-corrected chi connectivity index (χ3v) is 12.0. The zero-order valence-electron chi connectivity index (χ0n) is 33.9. The number of carbonyl (C=O) groups is 4. The van der Waals surface area contributed by atoms with Gasteiger partial charge in [-0.15, -0.1) is 0 Å². The number of unbranched alkanes of at least 4 members (excludes halogenated alkanes) is 13. The number of amides is 4. The number of nitrogens with zero attached hydrogens (tertiary/aromatic N) is 2. The fraction of sp³-hybridized carbons (Fsp3) is 0.542. The maximum absolute atomic E-state index is 14.1. The number of imide groups is 2. The molecule has 0 aromatic heterocycles. The number of para-hydroxylation sites is 1. The standard InChI is InChI=1S/C48H62N2O7/c1-3-5-6-7-8-9-10-11-12-13-14-15-16-23-33-49-45(51)41-37(29-28-35-24-19-17-20-25-35)56-38(42(41)46(49)52)30-31-39-43-44(40(57-39)32-34-55-4-2)48(54)50(47(43)53)36-26-21-18-22-27-36/h17-22,24-32,34,37-44H,3-16,23,33H2,1-2H3/b29-28-,31-30-,34-32-/t37?,38?,39?,40?,41-,42+,43-,44+/m0/s1. The van der Waals surface area contributed by atoms with E-state index in [2.05, 4.69) is 6.92 Å². The number of likely N-dealkylation sites (tertiary alicyclic amines) is 1. The van der Waals surface area contributed by atoms with Crippen LogP contribution in [0.1, 0.15) is 109 Å². The van der Waals surface area contributed by atoms with E-state index in [1.807, 2.05) is 55.5 Å². The Hall–Kier alpha value is -4.34. The van der Waals surface area contributed by atoms with Crippen molar-refractivity contribution < 1.29 is 33.4 Å². The lowest BCUT2D eigenvalue weighted by molar-refractivity contribution is -0.142. The molecular weight excluding hydrogens is 717 g/mol. The van der Waals surface area contributed by atoms with E-state index in [9.17, 15) is 19.2 Å². The molecule has 4 unspecified atom stereocenters. The van der Waals surface area contributed by atoms with Gasteiger partial charge in [0.2, 0.25) is 23.6 Å². The molecule has 4 fully saturated rings. The van der Waals surface area contributed by atoms with Crippen molar-refractivity contribution in [3.63, 3.8) is 0 Å². The smallest absolute Gasteiger partial charge is 0.240 e. The first-order valence-corrected chi connectivity index (χ1v) is 21.7. The Morgan fingerprint density at radius 3 is 1.47 bits per heavy atom. The summed E-state index contributed by atoms with van der Waals surface area (Å²) in [5.74, 6) is -3.91. The summed E-state index contributed by atoms with van der Waals surface area (Å²) in [7, 11) is 0. The molecule has 57 heavy (non-hydrogen) atoms. The Kier molecular flexibility index (Phi) is 15.9. The van der Waals surface area contributed by atoms with Crippen LogP contribution in [0.25, 0.3) is 6.08 Å². The monoisotopic (exact) mass is 778 g/mol. The molecule has 6 rings (SSSR count). The Labute approximate surface area is 339 Å². The van der Waals surface area contributed by atoms with Crippen LogP contribution in [0.2, 0.25) is 0 Å². The van der Waals surface area contributed by atoms with Crippen molar-refractivity contribution in [2.24, 2.45) is 23.7 Å². The van der Waals surface area contributed by atoms with Gasteiger partial charge in [-0.25, -0.2) is 4.90 Å². The average Bonchev–Trinajstić information content (AvgIpc) is 3.93. The van der Waals surface area contributed by atoms with Gasteiger partial charge in [0, 0.05) is 6.54 Å². The molecule has 9 nitrogen and oxygen atoms in total. The number of rotatable bonds is 23. The summed E-state index contributed by atoms with van der Waals surface area (Å²) < 4.78 is 18.3. The number of fused-ring (bicyclic) bond motifs is 2. The molecule has 2 aromatic rings. The largest absolute Gasteiger partial charge is 0.502 e. The van der Waals surface area contributed by atoms with E-state index >= 15 is 0 Å². The summed E-state index contributed by atoms with van der Waals surface area (Å²) in [5, 5.41) is 0. The van der Waals surface area contributed by atoms with E-state index in [0.29, 0.717) is 18.8 Å². The summed E-state index contributed by atoms with van der Waals surface area (Å²) in [5.41, 5.74) is 1.48. The molecule has 4 aliphatic rings. The molecule has 4 amide bonds. The molecule has 9 heteroatoms. The first-order valence-electron chi connectivity index (χ1n) is 21.7. The lowest BCUT2D eigenvalue weighted by Gasteiger charge is -2.21. The summed E-state index contributed by atoms with van der Waals surface area (Å²) in [6.07, 6.45) is 25.1. The highest BCUT2D eigenvalue weighted by molar-refractivity contribution is 6.22. The zero-order valence-corrected chi connectivity index (χ0v) is 33.9. The minimum atomic E-state index is -0.770. The van der Waals surface area contributed by atoms with Crippen LogP contribution >= 0.6 is 0 Å². The van der Waals surface area contributed by atoms with Crippen molar-refractivity contribution >= 4 is 35.4 Å². The van der Waals surface area contributed by atoms with Gasteiger partial charge in [-0.05, 0) is 37.1 Å². The Morgan fingerprint density at radius 1 is 0.526 bits per heavy atom. The van der Waals surface area contributed by atoms with Gasteiger partial charge in [-0.1, -0.05) is 163 Å². The maximum Gasteiger partial charge on any atom is 0.240 e. The number of benzene rings is 2. The Bertz CT molecular complexity index is 1710. The first kappa shape index (κ1) is 42.3. The molecule has 0 N–H and O–H groups in total. The summed E-state index contributed by atoms with van der Waals surface area (Å²) in [4.78, 5) is 58.5. The van der Waals surface area contributed by atoms with Gasteiger partial charge < -0.3 is 14.2 Å². The molecule has 0 radical (unpaired) electrons. The van der Waals surface area contributed by atoms with E-state index in [1.165, 1.54) is 86.7 Å². The lowest BCUT2D eigenvalue weighted by atomic mass is 9.87. The fourth-order valence-corrected chi connectivity index (χ4v) is 8.97. The highest BCUT2D eigenvalue weighted by Crippen LogP contribution is 2.45. The number of hydrogen-bond donors (Lipinski definition) is 0. The van der Waals surface area contributed by atoms with Crippen LogP contribution in [0.5, 0.6) is 0 Å². The summed E-state index contributed by atoms with van der Waals surface area (Å²) in [6.45, 7) is 4.98. The van der Waals surface area contributed by atoms with Crippen LogP contribution in [0.15, 0.2) is 91.2 Å². The highest BCUT2D eigenvalue weighted by atomic mass is 16.5. The molecule has 306 valence electrons. The van der Waals surface area contributed by atoms with E-state index in [1.54, 1.807) is 42.5 Å². The van der Waals surface area contributed by atoms with Crippen LogP contribution in [0.4, 0.5) is 5.69 Å². The quantitative estimate of drug-likeness (QED) is 0.0480. The van der Waals surface area contributed by atoms with Crippen molar-refractivity contribution in [2.75, 3.05) is 18.1 Å². The van der Waals surface area contributed by atoms with Crippen molar-refractivity contribution in [2.45, 2.75) is 128 Å². The van der Waals surface area contributed by atoms with Gasteiger partial charge in [-0.2, -0.15) is 0 Å². The van der Waals surface area contributed by atoms with Crippen LogP contribution in [-0.2, 0) is 33.4 Å². The van der Waals surface area contributed by atoms with Crippen LogP contribution in [0.3, 0.4) is 0 Å². The van der Waals surface area contributed by atoms with E-state index in [0.717, 1.165) is 24.8 Å². The summed E-state index contributed by atoms with van der Waals surface area (Å²) in [6, 6.07) is 18.7. The molecular formula is C48H62N2O7.